The second-order valence-electron chi connectivity index (χ2n) is 11.4. The van der Waals surface area contributed by atoms with Crippen LogP contribution in [0.25, 0.3) is 0 Å². The van der Waals surface area contributed by atoms with E-state index >= 15 is 0 Å². The molecule has 3 aliphatic rings. The number of fused-ring (bicyclic) bond motifs is 1. The molecule has 3 rings (SSSR count). The van der Waals surface area contributed by atoms with Crippen LogP contribution >= 0.6 is 0 Å². The van der Waals surface area contributed by atoms with Crippen molar-refractivity contribution in [1.82, 2.24) is 0 Å². The molecule has 2 unspecified atom stereocenters. The minimum Gasteiger partial charge on any atom is -0.390 e. The highest BCUT2D eigenvalue weighted by Crippen LogP contribution is 2.60. The van der Waals surface area contributed by atoms with Crippen LogP contribution in [0, 0.1) is 23.2 Å². The Morgan fingerprint density at radius 3 is 2.58 bits per heavy atom. The van der Waals surface area contributed by atoms with Crippen molar-refractivity contribution in [2.75, 3.05) is 0 Å². The van der Waals surface area contributed by atoms with Crippen LogP contribution < -0.4 is 0 Å². The molecule has 6 atom stereocenters. The largest absolute Gasteiger partial charge is 0.390 e. The van der Waals surface area contributed by atoms with Crippen molar-refractivity contribution < 1.29 is 15.3 Å². The third-order valence-corrected chi connectivity index (χ3v) is 8.61. The second kappa shape index (κ2) is 9.37. The normalized spacial score (nSPS) is 38.0. The summed E-state index contributed by atoms with van der Waals surface area (Å²) in [5.41, 5.74) is 3.41. The summed E-state index contributed by atoms with van der Waals surface area (Å²) < 4.78 is 0. The van der Waals surface area contributed by atoms with E-state index in [1.54, 1.807) is 0 Å². The maximum absolute atomic E-state index is 10.3. The molecule has 3 nitrogen and oxygen atoms in total. The van der Waals surface area contributed by atoms with E-state index < -0.39 is 17.8 Å². The van der Waals surface area contributed by atoms with Crippen LogP contribution in [0.4, 0.5) is 0 Å². The Morgan fingerprint density at radius 1 is 1.19 bits per heavy atom. The molecule has 0 amide bonds. The predicted octanol–water partition coefficient (Wildman–Crippen LogP) is 5.87. The van der Waals surface area contributed by atoms with Crippen LogP contribution in [0.3, 0.4) is 0 Å². The predicted molar refractivity (Wildman–Crippen MR) is 129 cm³/mol. The van der Waals surface area contributed by atoms with Gasteiger partial charge in [-0.2, -0.15) is 0 Å². The molecule has 0 aromatic carbocycles. The number of hydrogen-bond donors (Lipinski definition) is 3. The van der Waals surface area contributed by atoms with Crippen LogP contribution in [-0.4, -0.2) is 33.1 Å². The lowest BCUT2D eigenvalue weighted by Gasteiger charge is -2.44. The fourth-order valence-electron chi connectivity index (χ4n) is 6.71. The van der Waals surface area contributed by atoms with E-state index in [4.69, 9.17) is 0 Å². The molecule has 31 heavy (non-hydrogen) atoms. The van der Waals surface area contributed by atoms with Gasteiger partial charge in [0.15, 0.2) is 0 Å². The quantitative estimate of drug-likeness (QED) is 0.464. The molecule has 0 aliphatic heterocycles. The molecule has 0 saturated heterocycles. The smallest absolute Gasteiger partial charge is 0.102 e. The van der Waals surface area contributed by atoms with Crippen molar-refractivity contribution in [2.24, 2.45) is 23.2 Å². The zero-order valence-corrected chi connectivity index (χ0v) is 20.2. The van der Waals surface area contributed by atoms with Crippen LogP contribution in [0.5, 0.6) is 0 Å². The molecule has 0 aromatic heterocycles. The van der Waals surface area contributed by atoms with Crippen LogP contribution in [0.2, 0.25) is 0 Å². The lowest BCUT2D eigenvalue weighted by atomic mass is 9.60. The first-order valence-corrected chi connectivity index (χ1v) is 12.3. The third-order valence-electron chi connectivity index (χ3n) is 8.61. The Morgan fingerprint density at radius 2 is 1.90 bits per heavy atom. The topological polar surface area (TPSA) is 60.7 Å². The van der Waals surface area contributed by atoms with E-state index in [2.05, 4.69) is 39.2 Å². The molecule has 0 heterocycles. The van der Waals surface area contributed by atoms with E-state index in [0.29, 0.717) is 34.8 Å². The summed E-state index contributed by atoms with van der Waals surface area (Å²) in [6.45, 7) is 16.6. The Kier molecular flexibility index (Phi) is 7.40. The fraction of sp³-hybridized carbons (Fsp3) is 0.714. The van der Waals surface area contributed by atoms with Crippen molar-refractivity contribution >= 4 is 0 Å². The summed E-state index contributed by atoms with van der Waals surface area (Å²) in [6.07, 6.45) is 12.7. The Hall–Kier alpha value is -1.16. The van der Waals surface area contributed by atoms with E-state index in [-0.39, 0.29) is 0 Å². The van der Waals surface area contributed by atoms with Gasteiger partial charge in [-0.25, -0.2) is 0 Å². The van der Waals surface area contributed by atoms with Gasteiger partial charge in [-0.1, -0.05) is 57.6 Å². The zero-order chi connectivity index (χ0) is 23.0. The average molecular weight is 429 g/mol. The first-order chi connectivity index (χ1) is 14.4. The van der Waals surface area contributed by atoms with Crippen molar-refractivity contribution in [3.05, 3.63) is 47.6 Å². The molecule has 3 aliphatic carbocycles. The minimum atomic E-state index is -0.842. The molecule has 0 radical (unpaired) electrons. The summed E-state index contributed by atoms with van der Waals surface area (Å²) in [7, 11) is 0. The number of allylic oxidation sites excluding steroid dienone is 3. The van der Waals surface area contributed by atoms with E-state index in [9.17, 15) is 15.3 Å². The molecule has 0 spiro atoms. The molecule has 0 aromatic rings. The molecular formula is C28H44O3. The highest BCUT2D eigenvalue weighted by molar-refractivity contribution is 5.45. The van der Waals surface area contributed by atoms with Gasteiger partial charge in [0.2, 0.25) is 0 Å². The molecule has 3 fully saturated rings. The van der Waals surface area contributed by atoms with Crippen LogP contribution in [-0.2, 0) is 0 Å². The van der Waals surface area contributed by atoms with E-state index in [0.717, 1.165) is 30.8 Å². The maximum atomic E-state index is 10.3. The Balaban J connectivity index is 1.72. The number of hydrogen-bond acceptors (Lipinski definition) is 3. The second-order valence-corrected chi connectivity index (χ2v) is 11.4. The van der Waals surface area contributed by atoms with Gasteiger partial charge in [0.1, 0.15) is 6.10 Å². The van der Waals surface area contributed by atoms with Gasteiger partial charge in [-0.3, -0.25) is 0 Å². The van der Waals surface area contributed by atoms with E-state index in [1.165, 1.54) is 37.7 Å². The third kappa shape index (κ3) is 5.26. The summed E-state index contributed by atoms with van der Waals surface area (Å²) in [5, 5.41) is 30.5. The van der Waals surface area contributed by atoms with Gasteiger partial charge in [0.05, 0.1) is 11.7 Å². The molecule has 3 saturated carbocycles. The first kappa shape index (κ1) is 24.5. The number of aliphatic hydroxyl groups is 3. The molecule has 3 heteroatoms. The summed E-state index contributed by atoms with van der Waals surface area (Å²) >= 11 is 0. The minimum absolute atomic E-state index is 0.355. The van der Waals surface area contributed by atoms with E-state index in [1.807, 2.05) is 13.8 Å². The van der Waals surface area contributed by atoms with Gasteiger partial charge in [-0.15, -0.1) is 0 Å². The fourth-order valence-corrected chi connectivity index (χ4v) is 6.71. The zero-order valence-electron chi connectivity index (χ0n) is 20.2. The van der Waals surface area contributed by atoms with Crippen molar-refractivity contribution in [3.8, 4) is 0 Å². The van der Waals surface area contributed by atoms with Gasteiger partial charge in [0, 0.05) is 6.42 Å². The SMILES string of the molecule is C=C1/C(=C\C=C2/CCCC3(C)[C@@H]([C@H](C)CCCC(C)(C)O)CC[C@@H]23)C[C@@H](O)C(=C)C1O. The maximum Gasteiger partial charge on any atom is 0.102 e. The standard InChI is InChI=1S/C28H44O3/c1-18(9-7-15-27(4,5)31)23-13-14-24-21(10-8-16-28(23,24)6)11-12-22-17-25(29)20(3)26(30)19(22)2/h11-12,18,23-26,29-31H,2-3,7-10,13-17H2,1,4-6H3/b21-11+,22-12-/t18-,23-,24+,25-,26?,28?/m1/s1. The molecule has 3 N–H and O–H groups in total. The Bertz CT molecular complexity index is 753. The van der Waals surface area contributed by atoms with Gasteiger partial charge in [-0.05, 0) is 92.3 Å². The van der Waals surface area contributed by atoms with Crippen LogP contribution in [0.15, 0.2) is 47.6 Å². The monoisotopic (exact) mass is 428 g/mol. The highest BCUT2D eigenvalue weighted by Gasteiger charge is 2.50. The van der Waals surface area contributed by atoms with Crippen molar-refractivity contribution in [1.29, 1.82) is 0 Å². The first-order valence-electron chi connectivity index (χ1n) is 12.3. The average Bonchev–Trinajstić information content (AvgIpc) is 3.04. The summed E-state index contributed by atoms with van der Waals surface area (Å²) in [5.74, 6) is 2.05. The van der Waals surface area contributed by atoms with Gasteiger partial charge >= 0.3 is 0 Å². The number of aliphatic hydroxyl groups excluding tert-OH is 2. The van der Waals surface area contributed by atoms with Gasteiger partial charge in [0.25, 0.3) is 0 Å². The summed E-state index contributed by atoms with van der Waals surface area (Å²) in [4.78, 5) is 0. The molecule has 174 valence electrons. The Labute approximate surface area is 189 Å². The van der Waals surface area contributed by atoms with Gasteiger partial charge < -0.3 is 15.3 Å². The van der Waals surface area contributed by atoms with Crippen LogP contribution in [0.1, 0.15) is 85.5 Å². The lowest BCUT2D eigenvalue weighted by Crippen LogP contribution is -2.36. The molecular weight excluding hydrogens is 384 g/mol. The lowest BCUT2D eigenvalue weighted by molar-refractivity contribution is 0.0596. The van der Waals surface area contributed by atoms with Crippen molar-refractivity contribution in [2.45, 2.75) is 103 Å². The van der Waals surface area contributed by atoms with Crippen molar-refractivity contribution in [3.63, 3.8) is 0 Å². The highest BCUT2D eigenvalue weighted by atomic mass is 16.3. The molecule has 0 bridgehead atoms. The summed E-state index contributed by atoms with van der Waals surface area (Å²) in [6, 6.07) is 0. The number of rotatable bonds is 6.